The molecule has 0 aliphatic rings. The lowest BCUT2D eigenvalue weighted by Crippen LogP contribution is -2.01. The first-order chi connectivity index (χ1) is 32.6. The third-order valence-corrected chi connectivity index (χ3v) is 10.0. The van der Waals surface area contributed by atoms with Gasteiger partial charge in [-0.3, -0.25) is 4.57 Å². The van der Waals surface area contributed by atoms with E-state index in [1.807, 2.05) is 92.7 Å². The number of fused-ring (bicyclic) bond motifs is 3. The van der Waals surface area contributed by atoms with E-state index < -0.39 is 66.3 Å². The van der Waals surface area contributed by atoms with Crippen LogP contribution in [0.1, 0.15) is 53.2 Å². The molecule has 0 aliphatic carbocycles. The average Bonchev–Trinajstić information content (AvgIpc) is 3.68. The maximum Gasteiger partial charge on any atom is 0.137 e. The summed E-state index contributed by atoms with van der Waals surface area (Å²) in [5.41, 5.74) is 4.62. The lowest BCUT2D eigenvalue weighted by molar-refractivity contribution is 0.483. The smallest absolute Gasteiger partial charge is 0.137 e. The van der Waals surface area contributed by atoms with E-state index in [2.05, 4.69) is 27.3 Å². The minimum Gasteiger partial charge on any atom is -0.457 e. The Kier molecular flexibility index (Phi) is 7.02. The normalized spacial score (nSPS) is 14.2. The first kappa shape index (κ1) is 25.1. The van der Waals surface area contributed by atoms with Gasteiger partial charge in [-0.1, -0.05) is 129 Å². The van der Waals surface area contributed by atoms with Gasteiger partial charge in [0.05, 0.1) is 41.8 Å². The third kappa shape index (κ3) is 7.24. The topological polar surface area (TPSA) is 51.1 Å². The molecular formula is C52H44N4O. The molecule has 0 spiro atoms. The van der Waals surface area contributed by atoms with Crippen LogP contribution in [0.5, 0.6) is 11.5 Å². The van der Waals surface area contributed by atoms with E-state index in [4.69, 9.17) is 24.8 Å². The number of hydrogen-bond acceptors (Lipinski definition) is 4. The SMILES string of the molecule is [2H]c1c([2H])c([2H])c(-c2cccc(-c3c([2H])c([2H])c([2H])c([2H])c3[2H])c2Nc2ccccc2Nc2cccc(Oc3ccc4c5ccccc5n(-c5cc(C([2H])(CC)CC)ccn5)c4c3)c2)c([2H])c1[2H]. The number of hydrogen-bond donors (Lipinski definition) is 2. The van der Waals surface area contributed by atoms with Gasteiger partial charge >= 0.3 is 0 Å². The highest BCUT2D eigenvalue weighted by Gasteiger charge is 2.17. The average molecular weight is 752 g/mol. The fraction of sp³-hybridized carbons (Fsp3) is 0.0962. The van der Waals surface area contributed by atoms with E-state index in [1.165, 1.54) is 0 Å². The van der Waals surface area contributed by atoms with Crippen molar-refractivity contribution in [2.45, 2.75) is 32.6 Å². The van der Waals surface area contributed by atoms with E-state index in [-0.39, 0.29) is 27.9 Å². The van der Waals surface area contributed by atoms with Crippen LogP contribution in [0.4, 0.5) is 22.7 Å². The molecule has 9 aromatic rings. The predicted octanol–water partition coefficient (Wildman–Crippen LogP) is 14.7. The molecule has 0 radical (unpaired) electrons. The van der Waals surface area contributed by atoms with Crippen LogP contribution in [-0.2, 0) is 0 Å². The molecule has 2 heterocycles. The number of aromatic nitrogens is 2. The zero-order valence-corrected chi connectivity index (χ0v) is 31.3. The van der Waals surface area contributed by atoms with Crippen LogP contribution in [-0.4, -0.2) is 9.55 Å². The standard InChI is InChI=1S/C52H44N4O/c1-3-36(4-2)39-31-32-53-51(33-39)56-49-28-14-11-23-45(49)46-30-29-42(35-50(46)56)57-41-22-15-21-40(34-41)54-47-26-12-13-27-48(47)55-52-43(37-17-7-5-8-18-37)24-16-25-44(52)38-19-9-6-10-20-38/h5-36,54-55H,3-4H2,1-2H3/i5D,6D,7D,8D,9D,10D,17D,18D,19D,20D,36D. The number of pyridine rings is 1. The molecule has 0 saturated carbocycles. The second kappa shape index (κ2) is 15.9. The molecule has 0 amide bonds. The van der Waals surface area contributed by atoms with Gasteiger partial charge in [0.1, 0.15) is 17.3 Å². The lowest BCUT2D eigenvalue weighted by atomic mass is 9.95. The summed E-state index contributed by atoms with van der Waals surface area (Å²) in [5.74, 6) is 1.08. The van der Waals surface area contributed by atoms with Gasteiger partial charge < -0.3 is 15.4 Å². The van der Waals surface area contributed by atoms with Gasteiger partial charge in [-0.25, -0.2) is 4.98 Å². The predicted molar refractivity (Wildman–Crippen MR) is 239 cm³/mol. The van der Waals surface area contributed by atoms with Crippen LogP contribution in [0.2, 0.25) is 0 Å². The van der Waals surface area contributed by atoms with Crippen molar-refractivity contribution in [2.75, 3.05) is 10.6 Å². The van der Waals surface area contributed by atoms with Crippen LogP contribution in [0, 0.1) is 0 Å². The highest BCUT2D eigenvalue weighted by molar-refractivity contribution is 6.09. The number of nitrogens with zero attached hydrogens (tertiary/aromatic N) is 2. The molecule has 5 nitrogen and oxygen atoms in total. The van der Waals surface area contributed by atoms with Gasteiger partial charge in [0.2, 0.25) is 0 Å². The Morgan fingerprint density at radius 1 is 0.614 bits per heavy atom. The van der Waals surface area contributed by atoms with Crippen molar-refractivity contribution in [1.29, 1.82) is 0 Å². The van der Waals surface area contributed by atoms with E-state index in [0.717, 1.165) is 27.4 Å². The Hall–Kier alpha value is -7.11. The van der Waals surface area contributed by atoms with E-state index >= 15 is 0 Å². The molecule has 7 aromatic carbocycles. The maximum atomic E-state index is 9.14. The summed E-state index contributed by atoms with van der Waals surface area (Å²) in [4.78, 5) is 4.79. The zero-order valence-electron chi connectivity index (χ0n) is 42.3. The highest BCUT2D eigenvalue weighted by atomic mass is 16.5. The van der Waals surface area contributed by atoms with Crippen molar-refractivity contribution in [3.63, 3.8) is 0 Å². The Balaban J connectivity index is 1.10. The van der Waals surface area contributed by atoms with Crippen LogP contribution in [0.15, 0.2) is 188 Å². The first-order valence-corrected chi connectivity index (χ1v) is 18.8. The molecule has 0 fully saturated rings. The number of anilines is 4. The van der Waals surface area contributed by atoms with E-state index in [1.54, 1.807) is 36.5 Å². The van der Waals surface area contributed by atoms with Crippen molar-refractivity contribution in [2.24, 2.45) is 0 Å². The summed E-state index contributed by atoms with van der Waals surface area (Å²) in [5, 5.41) is 8.90. The molecule has 0 unspecified atom stereocenters. The quantitative estimate of drug-likeness (QED) is 0.131. The number of para-hydroxylation sites is 4. The van der Waals surface area contributed by atoms with Gasteiger partial charge in [0, 0.05) is 47.3 Å². The molecule has 2 N–H and O–H groups in total. The number of nitrogens with one attached hydrogen (secondary N) is 2. The second-order valence-corrected chi connectivity index (χ2v) is 13.4. The van der Waals surface area contributed by atoms with Gasteiger partial charge in [-0.05, 0) is 90.0 Å². The molecule has 2 aromatic heterocycles. The van der Waals surface area contributed by atoms with Crippen LogP contribution in [0.25, 0.3) is 49.9 Å². The Morgan fingerprint density at radius 2 is 1.25 bits per heavy atom. The maximum absolute atomic E-state index is 9.14. The zero-order chi connectivity index (χ0) is 48.2. The van der Waals surface area contributed by atoms with Gasteiger partial charge in [0.25, 0.3) is 0 Å². The Morgan fingerprint density at radius 3 is 1.96 bits per heavy atom. The van der Waals surface area contributed by atoms with Crippen molar-refractivity contribution in [1.82, 2.24) is 9.55 Å². The molecule has 9 rings (SSSR count). The summed E-state index contributed by atoms with van der Waals surface area (Å²) < 4.78 is 103. The lowest BCUT2D eigenvalue weighted by Gasteiger charge is -2.20. The molecule has 57 heavy (non-hydrogen) atoms. The molecule has 0 atom stereocenters. The fourth-order valence-corrected chi connectivity index (χ4v) is 7.32. The minimum atomic E-state index is -0.740. The molecule has 5 heteroatoms. The number of rotatable bonds is 12. The minimum absolute atomic E-state index is 0.130. The van der Waals surface area contributed by atoms with Gasteiger partial charge in [-0.2, -0.15) is 0 Å². The largest absolute Gasteiger partial charge is 0.457 e. The van der Waals surface area contributed by atoms with E-state index in [0.29, 0.717) is 47.2 Å². The molecule has 0 saturated heterocycles. The number of ether oxygens (including phenoxy) is 1. The third-order valence-electron chi connectivity index (χ3n) is 10.0. The molecule has 0 bridgehead atoms. The second-order valence-electron chi connectivity index (χ2n) is 13.4. The molecule has 0 aliphatic heterocycles. The molecule has 278 valence electrons. The Bertz CT molecular complexity index is 3320. The van der Waals surface area contributed by atoms with Crippen molar-refractivity contribution in [3.8, 4) is 39.6 Å². The van der Waals surface area contributed by atoms with Crippen LogP contribution >= 0.6 is 0 Å². The van der Waals surface area contributed by atoms with Crippen molar-refractivity contribution >= 4 is 44.6 Å². The number of benzene rings is 7. The Labute approximate surface area is 349 Å². The van der Waals surface area contributed by atoms with Gasteiger partial charge in [0.15, 0.2) is 0 Å². The summed E-state index contributed by atoms with van der Waals surface area (Å²) in [7, 11) is 0. The monoisotopic (exact) mass is 751 g/mol. The van der Waals surface area contributed by atoms with Crippen LogP contribution < -0.4 is 15.4 Å². The summed E-state index contributed by atoms with van der Waals surface area (Å²) in [6.07, 6.45) is 3.10. The molecular weight excluding hydrogens is 697 g/mol. The fourth-order valence-electron chi connectivity index (χ4n) is 7.32. The van der Waals surface area contributed by atoms with Crippen molar-refractivity contribution < 1.29 is 19.8 Å². The van der Waals surface area contributed by atoms with E-state index in [9.17, 15) is 0 Å². The van der Waals surface area contributed by atoms with Crippen molar-refractivity contribution in [3.05, 3.63) is 194 Å². The summed E-state index contributed by atoms with van der Waals surface area (Å²) >= 11 is 0. The van der Waals surface area contributed by atoms with Crippen LogP contribution in [0.3, 0.4) is 0 Å². The summed E-state index contributed by atoms with van der Waals surface area (Å²) in [6.45, 7) is 4.06. The first-order valence-electron chi connectivity index (χ1n) is 24.3. The highest BCUT2D eigenvalue weighted by Crippen LogP contribution is 2.41. The van der Waals surface area contributed by atoms with Gasteiger partial charge in [-0.15, -0.1) is 0 Å². The summed E-state index contributed by atoms with van der Waals surface area (Å²) in [6, 6.07) is 32.1.